The van der Waals surface area contributed by atoms with Crippen molar-refractivity contribution in [2.45, 2.75) is 31.1 Å². The smallest absolute Gasteiger partial charge is 0.328 e. The van der Waals surface area contributed by atoms with E-state index in [1.54, 1.807) is 13.2 Å². The summed E-state index contributed by atoms with van der Waals surface area (Å²) in [5, 5.41) is 18.8. The van der Waals surface area contributed by atoms with Gasteiger partial charge in [-0.3, -0.25) is 0 Å². The van der Waals surface area contributed by atoms with Crippen molar-refractivity contribution < 1.29 is 24.1 Å². The van der Waals surface area contributed by atoms with Gasteiger partial charge in [0.1, 0.15) is 13.2 Å². The predicted octanol–water partition coefficient (Wildman–Crippen LogP) is 2.81. The molecule has 24 heavy (non-hydrogen) atoms. The number of hydrogen-bond acceptors (Lipinski definition) is 5. The van der Waals surface area contributed by atoms with E-state index in [0.717, 1.165) is 11.1 Å². The van der Waals surface area contributed by atoms with Gasteiger partial charge in [0.25, 0.3) is 0 Å². The number of ether oxygens (including phenoxy) is 3. The lowest BCUT2D eigenvalue weighted by molar-refractivity contribution is -0.131. The van der Waals surface area contributed by atoms with Crippen LogP contribution < -0.4 is 14.2 Å². The fourth-order valence-corrected chi connectivity index (χ4v) is 3.41. The highest BCUT2D eigenvalue weighted by molar-refractivity contribution is 5.80. The van der Waals surface area contributed by atoms with Crippen molar-refractivity contribution >= 4 is 5.97 Å². The quantitative estimate of drug-likeness (QED) is 0.858. The number of fused-ring (bicyclic) bond motifs is 1. The Bertz CT molecular complexity index is 722. The zero-order valence-corrected chi connectivity index (χ0v) is 13.5. The number of carbonyl (C=O) groups is 1. The zero-order chi connectivity index (χ0) is 17.2. The SMILES string of the molecule is COc1ccc(C2(C#N)CCC(=CC(=O)O)CC2)c2c1OCCO2. The highest BCUT2D eigenvalue weighted by Crippen LogP contribution is 2.50. The third-order valence-electron chi connectivity index (χ3n) is 4.68. The van der Waals surface area contributed by atoms with E-state index in [9.17, 15) is 10.1 Å². The first-order valence-corrected chi connectivity index (χ1v) is 7.90. The van der Waals surface area contributed by atoms with E-state index in [2.05, 4.69) is 6.07 Å². The number of aliphatic carboxylic acids is 1. The van der Waals surface area contributed by atoms with E-state index in [0.29, 0.717) is 56.1 Å². The van der Waals surface area contributed by atoms with E-state index in [-0.39, 0.29) is 0 Å². The summed E-state index contributed by atoms with van der Waals surface area (Å²) in [7, 11) is 1.57. The van der Waals surface area contributed by atoms with Gasteiger partial charge in [-0.1, -0.05) is 5.57 Å². The van der Waals surface area contributed by atoms with E-state index in [1.165, 1.54) is 6.08 Å². The molecule has 3 rings (SSSR count). The first-order chi connectivity index (χ1) is 11.6. The lowest BCUT2D eigenvalue weighted by atomic mass is 9.68. The van der Waals surface area contributed by atoms with Crippen LogP contribution in [0.5, 0.6) is 17.2 Å². The summed E-state index contributed by atoms with van der Waals surface area (Å²) in [6, 6.07) is 6.10. The molecule has 6 nitrogen and oxygen atoms in total. The molecule has 0 bridgehead atoms. The number of allylic oxidation sites excluding steroid dienone is 1. The summed E-state index contributed by atoms with van der Waals surface area (Å²) in [5.41, 5.74) is 0.968. The van der Waals surface area contributed by atoms with E-state index in [4.69, 9.17) is 19.3 Å². The van der Waals surface area contributed by atoms with Crippen LogP contribution in [0.25, 0.3) is 0 Å². The molecule has 1 heterocycles. The van der Waals surface area contributed by atoms with Gasteiger partial charge in [-0.2, -0.15) is 5.26 Å². The maximum absolute atomic E-state index is 10.8. The van der Waals surface area contributed by atoms with Crippen molar-refractivity contribution in [1.82, 2.24) is 0 Å². The Morgan fingerprint density at radius 3 is 2.54 bits per heavy atom. The van der Waals surface area contributed by atoms with Crippen LogP contribution in [-0.2, 0) is 10.2 Å². The van der Waals surface area contributed by atoms with Crippen LogP contribution in [-0.4, -0.2) is 31.4 Å². The minimum absolute atomic E-state index is 0.429. The summed E-state index contributed by atoms with van der Waals surface area (Å²) >= 11 is 0. The Morgan fingerprint density at radius 1 is 1.29 bits per heavy atom. The van der Waals surface area contributed by atoms with Gasteiger partial charge in [0, 0.05) is 11.6 Å². The average molecular weight is 329 g/mol. The number of carboxylic acid groups (broad SMARTS) is 1. The van der Waals surface area contributed by atoms with E-state index in [1.807, 2.05) is 6.07 Å². The molecule has 0 radical (unpaired) electrons. The normalized spacial score (nSPS) is 22.4. The van der Waals surface area contributed by atoms with Crippen LogP contribution in [0.4, 0.5) is 0 Å². The average Bonchev–Trinajstić information content (AvgIpc) is 2.61. The number of nitrogens with zero attached hydrogens (tertiary/aromatic N) is 1. The standard InChI is InChI=1S/C18H19NO5/c1-22-14-3-2-13(16-17(14)24-9-8-23-16)18(11-19)6-4-12(5-7-18)10-15(20)21/h2-3,10H,4-9H2,1H3,(H,20,21). The Labute approximate surface area is 140 Å². The van der Waals surface area contributed by atoms with Gasteiger partial charge in [0.15, 0.2) is 11.5 Å². The van der Waals surface area contributed by atoms with Crippen molar-refractivity contribution in [3.63, 3.8) is 0 Å². The lowest BCUT2D eigenvalue weighted by Crippen LogP contribution is -2.30. The maximum atomic E-state index is 10.8. The third-order valence-corrected chi connectivity index (χ3v) is 4.68. The molecule has 1 aromatic rings. The van der Waals surface area contributed by atoms with Crippen molar-refractivity contribution in [2.24, 2.45) is 0 Å². The van der Waals surface area contributed by atoms with Crippen LogP contribution in [0.2, 0.25) is 0 Å². The van der Waals surface area contributed by atoms with E-state index < -0.39 is 11.4 Å². The predicted molar refractivity (Wildman–Crippen MR) is 85.5 cm³/mol. The monoisotopic (exact) mass is 329 g/mol. The molecule has 1 aliphatic carbocycles. The van der Waals surface area contributed by atoms with Crippen LogP contribution >= 0.6 is 0 Å². The molecule has 1 fully saturated rings. The first kappa shape index (κ1) is 16.2. The fraction of sp³-hybridized carbons (Fsp3) is 0.444. The molecule has 0 aromatic heterocycles. The van der Waals surface area contributed by atoms with Crippen LogP contribution in [0.1, 0.15) is 31.2 Å². The second-order valence-electron chi connectivity index (χ2n) is 6.01. The first-order valence-electron chi connectivity index (χ1n) is 7.90. The minimum atomic E-state index is -0.937. The molecule has 126 valence electrons. The molecule has 0 amide bonds. The van der Waals surface area contributed by atoms with Gasteiger partial charge in [-0.05, 0) is 37.8 Å². The topological polar surface area (TPSA) is 88.8 Å². The van der Waals surface area contributed by atoms with Crippen molar-refractivity contribution in [1.29, 1.82) is 5.26 Å². The van der Waals surface area contributed by atoms with Crippen molar-refractivity contribution in [3.8, 4) is 23.3 Å². The summed E-state index contributed by atoms with van der Waals surface area (Å²) < 4.78 is 16.8. The third kappa shape index (κ3) is 2.78. The van der Waals surface area contributed by atoms with Crippen LogP contribution in [0, 0.1) is 11.3 Å². The molecule has 0 unspecified atom stereocenters. The molecule has 6 heteroatoms. The molecular weight excluding hydrogens is 310 g/mol. The Kier molecular flexibility index (Phi) is 4.34. The number of benzene rings is 1. The lowest BCUT2D eigenvalue weighted by Gasteiger charge is -2.35. The number of rotatable bonds is 3. The fourth-order valence-electron chi connectivity index (χ4n) is 3.41. The summed E-state index contributed by atoms with van der Waals surface area (Å²) in [4.78, 5) is 10.8. The van der Waals surface area contributed by atoms with Crippen LogP contribution in [0.3, 0.4) is 0 Å². The van der Waals surface area contributed by atoms with Gasteiger partial charge >= 0.3 is 5.97 Å². The molecule has 1 aliphatic heterocycles. The van der Waals surface area contributed by atoms with Gasteiger partial charge in [-0.25, -0.2) is 4.79 Å². The van der Waals surface area contributed by atoms with Gasteiger partial charge < -0.3 is 19.3 Å². The van der Waals surface area contributed by atoms with Gasteiger partial charge in [0.2, 0.25) is 5.75 Å². The Morgan fingerprint density at radius 2 is 1.96 bits per heavy atom. The number of nitriles is 1. The van der Waals surface area contributed by atoms with E-state index >= 15 is 0 Å². The molecule has 0 saturated heterocycles. The Balaban J connectivity index is 1.98. The van der Waals surface area contributed by atoms with Crippen molar-refractivity contribution in [2.75, 3.05) is 20.3 Å². The number of hydrogen-bond donors (Lipinski definition) is 1. The van der Waals surface area contributed by atoms with Crippen LogP contribution in [0.15, 0.2) is 23.8 Å². The zero-order valence-electron chi connectivity index (χ0n) is 13.5. The molecule has 0 spiro atoms. The number of methoxy groups -OCH3 is 1. The molecule has 2 aliphatic rings. The maximum Gasteiger partial charge on any atom is 0.328 e. The molecule has 1 saturated carbocycles. The second kappa shape index (κ2) is 6.44. The summed E-state index contributed by atoms with van der Waals surface area (Å²) in [6.45, 7) is 0.872. The second-order valence-corrected chi connectivity index (χ2v) is 6.01. The summed E-state index contributed by atoms with van der Waals surface area (Å²) in [6.07, 6.45) is 3.54. The highest BCUT2D eigenvalue weighted by atomic mass is 16.6. The molecule has 1 N–H and O–H groups in total. The molecule has 0 atom stereocenters. The number of carboxylic acids is 1. The highest BCUT2D eigenvalue weighted by Gasteiger charge is 2.40. The van der Waals surface area contributed by atoms with Gasteiger partial charge in [0.05, 0.1) is 18.6 Å². The summed E-state index contributed by atoms with van der Waals surface area (Å²) in [5.74, 6) is 0.771. The Hall–Kier alpha value is -2.68. The minimum Gasteiger partial charge on any atom is -0.493 e. The van der Waals surface area contributed by atoms with Crippen molar-refractivity contribution in [3.05, 3.63) is 29.3 Å². The van der Waals surface area contributed by atoms with Gasteiger partial charge in [-0.15, -0.1) is 0 Å². The largest absolute Gasteiger partial charge is 0.493 e. The molecule has 1 aromatic carbocycles. The molecular formula is C18H19NO5.